The quantitative estimate of drug-likeness (QED) is 0.169. The monoisotopic (exact) mass is 646 g/mol. The van der Waals surface area contributed by atoms with E-state index in [1.807, 2.05) is 24.3 Å². The van der Waals surface area contributed by atoms with E-state index in [0.717, 1.165) is 39.3 Å². The Morgan fingerprint density at radius 2 is 1.12 bits per heavy atom. The molecular weight excluding hydrogens is 609 g/mol. The summed E-state index contributed by atoms with van der Waals surface area (Å²) in [5.41, 5.74) is 7.59. The molecule has 9 rings (SSSR count). The third-order valence-corrected chi connectivity index (χ3v) is 11.6. The predicted molar refractivity (Wildman–Crippen MR) is 203 cm³/mol. The molecule has 2 bridgehead atoms. The SMILES string of the molecule is CCC1(c2ccc(-c3ccc(-c4nc(-c5ccc(C#N)cc5)nc(-c5cc6ccccc6c6ccccc56)n4)cc3)cc2)C[C@@H]2CC[C@@H](C2)C1. The van der Waals surface area contributed by atoms with E-state index in [4.69, 9.17) is 15.0 Å². The van der Waals surface area contributed by atoms with Crippen molar-refractivity contribution in [3.8, 4) is 51.4 Å². The number of nitriles is 1. The van der Waals surface area contributed by atoms with E-state index in [9.17, 15) is 5.26 Å². The molecule has 6 aromatic carbocycles. The summed E-state index contributed by atoms with van der Waals surface area (Å²) in [5, 5.41) is 14.0. The van der Waals surface area contributed by atoms with Crippen LogP contribution in [0.2, 0.25) is 0 Å². The molecule has 4 nitrogen and oxygen atoms in total. The molecule has 2 fully saturated rings. The van der Waals surface area contributed by atoms with Crippen LogP contribution in [0.4, 0.5) is 0 Å². The Balaban J connectivity index is 1.10. The van der Waals surface area contributed by atoms with Crippen molar-refractivity contribution in [3.05, 3.63) is 139 Å². The van der Waals surface area contributed by atoms with Crippen LogP contribution in [0.15, 0.2) is 127 Å². The van der Waals surface area contributed by atoms with Gasteiger partial charge in [0.15, 0.2) is 17.5 Å². The van der Waals surface area contributed by atoms with Crippen molar-refractivity contribution >= 4 is 21.5 Å². The summed E-state index contributed by atoms with van der Waals surface area (Å²) in [5.74, 6) is 3.64. The minimum absolute atomic E-state index is 0.339. The van der Waals surface area contributed by atoms with Crippen LogP contribution in [0.25, 0.3) is 66.8 Å². The third kappa shape index (κ3) is 5.35. The molecule has 2 saturated carbocycles. The Bertz CT molecular complexity index is 2390. The van der Waals surface area contributed by atoms with E-state index in [0.29, 0.717) is 28.5 Å². The fourth-order valence-electron chi connectivity index (χ4n) is 8.98. The van der Waals surface area contributed by atoms with Crippen molar-refractivity contribution in [2.75, 3.05) is 0 Å². The highest BCUT2D eigenvalue weighted by Crippen LogP contribution is 2.53. The lowest BCUT2D eigenvalue weighted by atomic mass is 9.64. The Morgan fingerprint density at radius 1 is 0.600 bits per heavy atom. The smallest absolute Gasteiger partial charge is 0.164 e. The average Bonchev–Trinajstić information content (AvgIpc) is 3.54. The second-order valence-electron chi connectivity index (χ2n) is 14.4. The van der Waals surface area contributed by atoms with Gasteiger partial charge in [0.05, 0.1) is 11.6 Å². The number of benzene rings is 6. The topological polar surface area (TPSA) is 62.5 Å². The van der Waals surface area contributed by atoms with Gasteiger partial charge in [-0.2, -0.15) is 5.26 Å². The molecule has 0 spiro atoms. The molecule has 0 aliphatic heterocycles. The maximum atomic E-state index is 9.40. The highest BCUT2D eigenvalue weighted by Gasteiger charge is 2.43. The largest absolute Gasteiger partial charge is 0.208 e. The van der Waals surface area contributed by atoms with Gasteiger partial charge in [0.25, 0.3) is 0 Å². The first kappa shape index (κ1) is 30.4. The molecule has 0 saturated heterocycles. The molecule has 242 valence electrons. The first-order valence-electron chi connectivity index (χ1n) is 18.0. The van der Waals surface area contributed by atoms with E-state index in [1.165, 1.54) is 66.0 Å². The van der Waals surface area contributed by atoms with E-state index < -0.39 is 0 Å². The summed E-state index contributed by atoms with van der Waals surface area (Å²) in [6, 6.07) is 46.8. The van der Waals surface area contributed by atoms with Gasteiger partial charge in [0, 0.05) is 16.7 Å². The van der Waals surface area contributed by atoms with Crippen molar-refractivity contribution in [2.24, 2.45) is 11.8 Å². The minimum Gasteiger partial charge on any atom is -0.208 e. The molecule has 0 radical (unpaired) electrons. The van der Waals surface area contributed by atoms with Crippen molar-refractivity contribution in [3.63, 3.8) is 0 Å². The Morgan fingerprint density at radius 3 is 1.74 bits per heavy atom. The molecule has 0 N–H and O–H groups in total. The van der Waals surface area contributed by atoms with E-state index in [-0.39, 0.29) is 0 Å². The highest BCUT2D eigenvalue weighted by atomic mass is 15.0. The lowest BCUT2D eigenvalue weighted by Gasteiger charge is -2.41. The lowest BCUT2D eigenvalue weighted by Crippen LogP contribution is -2.33. The standard InChI is InChI=1S/C46H38N4/c1-2-46(27-31-11-12-32(25-31)28-46)38-23-21-34(22-24-38)33-17-19-36(20-18-33)44-48-43(35-15-13-30(29-47)14-16-35)49-45(50-44)42-26-37-7-3-4-8-39(37)40-9-5-6-10-41(40)42/h3-10,13-24,26,31-32H,2,11-12,25,27-28H2,1H3/t31-,32+,46?. The van der Waals surface area contributed by atoms with Crippen LogP contribution >= 0.6 is 0 Å². The molecule has 2 aliphatic carbocycles. The van der Waals surface area contributed by atoms with Gasteiger partial charge >= 0.3 is 0 Å². The lowest BCUT2D eigenvalue weighted by molar-refractivity contribution is 0.207. The van der Waals surface area contributed by atoms with Crippen LogP contribution in [-0.2, 0) is 5.41 Å². The number of rotatable bonds is 6. The predicted octanol–water partition coefficient (Wildman–Crippen LogP) is 11.6. The van der Waals surface area contributed by atoms with Crippen molar-refractivity contribution in [2.45, 2.75) is 50.9 Å². The molecular formula is C46H38N4. The maximum absolute atomic E-state index is 9.40. The highest BCUT2D eigenvalue weighted by molar-refractivity contribution is 6.13. The van der Waals surface area contributed by atoms with E-state index in [1.54, 1.807) is 0 Å². The summed E-state index contributed by atoms with van der Waals surface area (Å²) < 4.78 is 0. The first-order chi connectivity index (χ1) is 24.6. The molecule has 4 heteroatoms. The minimum atomic E-state index is 0.339. The molecule has 2 aliphatic rings. The van der Waals surface area contributed by atoms with Crippen LogP contribution < -0.4 is 0 Å². The third-order valence-electron chi connectivity index (χ3n) is 11.6. The fourth-order valence-corrected chi connectivity index (χ4v) is 8.98. The summed E-state index contributed by atoms with van der Waals surface area (Å²) in [7, 11) is 0. The zero-order valence-electron chi connectivity index (χ0n) is 28.3. The molecule has 50 heavy (non-hydrogen) atoms. The molecule has 7 aromatic rings. The Kier molecular flexibility index (Phi) is 7.50. The van der Waals surface area contributed by atoms with E-state index in [2.05, 4.69) is 116 Å². The number of nitrogens with zero attached hydrogens (tertiary/aromatic N) is 4. The molecule has 1 unspecified atom stereocenters. The number of hydrogen-bond donors (Lipinski definition) is 0. The summed E-state index contributed by atoms with van der Waals surface area (Å²) in [4.78, 5) is 15.2. The van der Waals surface area contributed by atoms with Gasteiger partial charge in [0.1, 0.15) is 0 Å². The molecule has 1 aromatic heterocycles. The normalized spacial score (nSPS) is 19.8. The number of aromatic nitrogens is 3. The summed E-state index contributed by atoms with van der Waals surface area (Å²) >= 11 is 0. The molecule has 0 amide bonds. The number of hydrogen-bond acceptors (Lipinski definition) is 4. The van der Waals surface area contributed by atoms with Crippen molar-refractivity contribution < 1.29 is 0 Å². The second kappa shape index (κ2) is 12.3. The summed E-state index contributed by atoms with van der Waals surface area (Å²) in [6.45, 7) is 2.39. The van der Waals surface area contributed by atoms with Crippen LogP contribution in [0, 0.1) is 23.2 Å². The zero-order chi connectivity index (χ0) is 33.7. The number of fused-ring (bicyclic) bond motifs is 5. The van der Waals surface area contributed by atoms with Crippen LogP contribution in [0.1, 0.15) is 56.6 Å². The molecule has 3 atom stereocenters. The summed E-state index contributed by atoms with van der Waals surface area (Å²) in [6.07, 6.45) is 8.22. The first-order valence-corrected chi connectivity index (χ1v) is 18.0. The van der Waals surface area contributed by atoms with Gasteiger partial charge in [-0.1, -0.05) is 117 Å². The Labute approximate surface area is 293 Å². The molecule has 1 heterocycles. The van der Waals surface area contributed by atoms with Crippen LogP contribution in [0.3, 0.4) is 0 Å². The van der Waals surface area contributed by atoms with Crippen LogP contribution in [0.5, 0.6) is 0 Å². The Hall–Kier alpha value is -5.66. The second-order valence-corrected chi connectivity index (χ2v) is 14.4. The average molecular weight is 647 g/mol. The van der Waals surface area contributed by atoms with Gasteiger partial charge in [-0.05, 0) is 112 Å². The van der Waals surface area contributed by atoms with Gasteiger partial charge < -0.3 is 0 Å². The van der Waals surface area contributed by atoms with Gasteiger partial charge in [0.2, 0.25) is 0 Å². The van der Waals surface area contributed by atoms with Gasteiger partial charge in [-0.3, -0.25) is 0 Å². The van der Waals surface area contributed by atoms with Gasteiger partial charge in [-0.25, -0.2) is 15.0 Å². The van der Waals surface area contributed by atoms with Gasteiger partial charge in [-0.15, -0.1) is 0 Å². The zero-order valence-corrected chi connectivity index (χ0v) is 28.3. The van der Waals surface area contributed by atoms with E-state index >= 15 is 0 Å². The van der Waals surface area contributed by atoms with Crippen molar-refractivity contribution in [1.82, 2.24) is 15.0 Å². The fraction of sp³-hybridized carbons (Fsp3) is 0.217. The maximum Gasteiger partial charge on any atom is 0.164 e. The van der Waals surface area contributed by atoms with Crippen molar-refractivity contribution in [1.29, 1.82) is 5.26 Å². The van der Waals surface area contributed by atoms with Crippen LogP contribution in [-0.4, -0.2) is 15.0 Å².